The minimum Gasteiger partial charge on any atom is -0.339 e. The van der Waals surface area contributed by atoms with Gasteiger partial charge in [0.05, 0.1) is 18.4 Å². The van der Waals surface area contributed by atoms with Crippen LogP contribution in [0.5, 0.6) is 0 Å². The molecule has 0 atom stereocenters. The van der Waals surface area contributed by atoms with E-state index in [4.69, 9.17) is 0 Å². The lowest BCUT2D eigenvalue weighted by molar-refractivity contribution is 0.0538. The third kappa shape index (κ3) is 3.40. The maximum absolute atomic E-state index is 14.1. The van der Waals surface area contributed by atoms with Crippen molar-refractivity contribution in [1.29, 1.82) is 0 Å². The zero-order valence-electron chi connectivity index (χ0n) is 13.4. The van der Waals surface area contributed by atoms with E-state index in [0.717, 1.165) is 5.56 Å². The molecular weight excluding hydrogens is 301 g/mol. The third-order valence-corrected chi connectivity index (χ3v) is 3.41. The van der Waals surface area contributed by atoms with Gasteiger partial charge >= 0.3 is 0 Å². The molecule has 0 unspecified atom stereocenters. The van der Waals surface area contributed by atoms with Crippen molar-refractivity contribution in [2.45, 2.75) is 13.8 Å². The van der Waals surface area contributed by atoms with Gasteiger partial charge in [-0.15, -0.1) is 0 Å². The molecule has 23 heavy (non-hydrogen) atoms. The van der Waals surface area contributed by atoms with E-state index >= 15 is 0 Å². The molecule has 0 spiro atoms. The molecule has 2 N–H and O–H groups in total. The highest BCUT2D eigenvalue weighted by Crippen LogP contribution is 2.23. The van der Waals surface area contributed by atoms with Crippen molar-refractivity contribution in [2.24, 2.45) is 7.05 Å². The summed E-state index contributed by atoms with van der Waals surface area (Å²) in [6, 6.07) is 6.08. The summed E-state index contributed by atoms with van der Waals surface area (Å²) in [5.41, 5.74) is 3.41. The smallest absolute Gasteiger partial charge is 0.278 e. The monoisotopic (exact) mass is 319 g/mol. The van der Waals surface area contributed by atoms with Gasteiger partial charge in [-0.3, -0.25) is 19.0 Å². The Morgan fingerprint density at radius 2 is 1.96 bits per heavy atom. The number of aromatic nitrogens is 1. The number of anilines is 2. The molecule has 6 nitrogen and oxygen atoms in total. The largest absolute Gasteiger partial charge is 0.339 e. The van der Waals surface area contributed by atoms with Crippen LogP contribution in [-0.2, 0) is 11.9 Å². The van der Waals surface area contributed by atoms with E-state index < -0.39 is 11.7 Å². The number of carbonyl (C=O) groups is 1. The molecule has 1 aromatic carbocycles. The number of halogens is 1. The fraction of sp³-hybridized carbons (Fsp3) is 0.250. The fourth-order valence-electron chi connectivity index (χ4n) is 2.21. The molecular formula is C16H18FN3O3. The van der Waals surface area contributed by atoms with Crippen molar-refractivity contribution >= 4 is 17.4 Å². The highest BCUT2D eigenvalue weighted by molar-refractivity contribution is 5.99. The topological polar surface area (TPSA) is 72.4 Å². The van der Waals surface area contributed by atoms with Crippen LogP contribution in [0.4, 0.5) is 15.9 Å². The quantitative estimate of drug-likeness (QED) is 0.847. The number of nitrogens with zero attached hydrogens (tertiary/aromatic N) is 1. The summed E-state index contributed by atoms with van der Waals surface area (Å²) < 4.78 is 15.3. The van der Waals surface area contributed by atoms with Crippen molar-refractivity contribution < 1.29 is 14.0 Å². The summed E-state index contributed by atoms with van der Waals surface area (Å²) in [4.78, 5) is 28.9. The van der Waals surface area contributed by atoms with Crippen molar-refractivity contribution in [3.05, 3.63) is 57.1 Å². The molecule has 0 bridgehead atoms. The second-order valence-corrected chi connectivity index (χ2v) is 5.20. The van der Waals surface area contributed by atoms with E-state index in [-0.39, 0.29) is 22.6 Å². The molecule has 1 amide bonds. The molecule has 0 aliphatic heterocycles. The molecule has 0 aliphatic carbocycles. The highest BCUT2D eigenvalue weighted by Gasteiger charge is 2.18. The lowest BCUT2D eigenvalue weighted by Gasteiger charge is -2.17. The zero-order valence-corrected chi connectivity index (χ0v) is 13.4. The molecule has 1 aromatic heterocycles. The van der Waals surface area contributed by atoms with E-state index in [1.54, 1.807) is 26.0 Å². The van der Waals surface area contributed by atoms with Crippen LogP contribution in [0, 0.1) is 19.7 Å². The lowest BCUT2D eigenvalue weighted by atomic mass is 10.1. The second-order valence-electron chi connectivity index (χ2n) is 5.20. The number of hydrogen-bond donors (Lipinski definition) is 2. The van der Waals surface area contributed by atoms with Gasteiger partial charge in [0.2, 0.25) is 0 Å². The molecule has 2 rings (SSSR count). The first-order valence-electron chi connectivity index (χ1n) is 6.92. The Morgan fingerprint density at radius 1 is 1.26 bits per heavy atom. The standard InChI is InChI=1S/C16H18FN3O3/c1-9-5-6-13(12(17)7-9)18-14-11(15(21)19-23-4)8-10(2)16(22)20(14)3/h5-8,18H,1-4H3,(H,19,21). The first-order valence-corrected chi connectivity index (χ1v) is 6.92. The number of hydroxylamine groups is 1. The SMILES string of the molecule is CONC(=O)c1cc(C)c(=O)n(C)c1Nc1ccc(C)cc1F. The molecule has 7 heteroatoms. The summed E-state index contributed by atoms with van der Waals surface area (Å²) in [5.74, 6) is -0.838. The van der Waals surface area contributed by atoms with Crippen LogP contribution >= 0.6 is 0 Å². The second kappa shape index (κ2) is 6.62. The predicted molar refractivity (Wildman–Crippen MR) is 85.3 cm³/mol. The first-order chi connectivity index (χ1) is 10.8. The van der Waals surface area contributed by atoms with Crippen LogP contribution in [0.15, 0.2) is 29.1 Å². The Kier molecular flexibility index (Phi) is 4.80. The molecule has 2 aromatic rings. The van der Waals surface area contributed by atoms with Gasteiger partial charge in [0.1, 0.15) is 11.6 Å². The molecule has 0 saturated heterocycles. The van der Waals surface area contributed by atoms with Gasteiger partial charge in [0, 0.05) is 12.6 Å². The molecule has 0 aliphatic rings. The summed E-state index contributed by atoms with van der Waals surface area (Å²) in [6.07, 6.45) is 0. The Bertz CT molecular complexity index is 815. The van der Waals surface area contributed by atoms with Gasteiger partial charge in [-0.05, 0) is 37.6 Å². The Hall–Kier alpha value is -2.67. The number of carbonyl (C=O) groups excluding carboxylic acids is 1. The molecule has 0 radical (unpaired) electrons. The Labute approximate surface area is 132 Å². The molecule has 0 fully saturated rings. The van der Waals surface area contributed by atoms with Crippen molar-refractivity contribution in [3.8, 4) is 0 Å². The molecule has 122 valence electrons. The maximum atomic E-state index is 14.1. The normalized spacial score (nSPS) is 10.5. The van der Waals surface area contributed by atoms with Crippen LogP contribution in [0.3, 0.4) is 0 Å². The number of rotatable bonds is 4. The minimum absolute atomic E-state index is 0.168. The zero-order chi connectivity index (χ0) is 17.1. The van der Waals surface area contributed by atoms with E-state index in [1.165, 1.54) is 30.9 Å². The van der Waals surface area contributed by atoms with Crippen LogP contribution in [0.2, 0.25) is 0 Å². The number of pyridine rings is 1. The van der Waals surface area contributed by atoms with E-state index in [1.807, 2.05) is 0 Å². The number of nitrogens with one attached hydrogen (secondary N) is 2. The van der Waals surface area contributed by atoms with E-state index in [0.29, 0.717) is 5.56 Å². The summed E-state index contributed by atoms with van der Waals surface area (Å²) in [7, 11) is 2.81. The highest BCUT2D eigenvalue weighted by atomic mass is 19.1. The van der Waals surface area contributed by atoms with Gasteiger partial charge in [-0.1, -0.05) is 6.07 Å². The van der Waals surface area contributed by atoms with Gasteiger partial charge in [0.15, 0.2) is 0 Å². The van der Waals surface area contributed by atoms with E-state index in [9.17, 15) is 14.0 Å². The van der Waals surface area contributed by atoms with Gasteiger partial charge in [-0.25, -0.2) is 9.87 Å². The average molecular weight is 319 g/mol. The van der Waals surface area contributed by atoms with Crippen LogP contribution < -0.4 is 16.4 Å². The number of amides is 1. The minimum atomic E-state index is -0.541. The fourth-order valence-corrected chi connectivity index (χ4v) is 2.21. The predicted octanol–water partition coefficient (Wildman–Crippen LogP) is 2.18. The van der Waals surface area contributed by atoms with Crippen molar-refractivity contribution in [3.63, 3.8) is 0 Å². The number of hydrogen-bond acceptors (Lipinski definition) is 4. The van der Waals surface area contributed by atoms with Crippen LogP contribution in [0.1, 0.15) is 21.5 Å². The Morgan fingerprint density at radius 3 is 2.57 bits per heavy atom. The summed E-state index contributed by atoms with van der Waals surface area (Å²) in [5, 5.41) is 2.82. The maximum Gasteiger partial charge on any atom is 0.278 e. The molecule has 1 heterocycles. The van der Waals surface area contributed by atoms with Gasteiger partial charge in [0.25, 0.3) is 11.5 Å². The third-order valence-electron chi connectivity index (χ3n) is 3.41. The lowest BCUT2D eigenvalue weighted by Crippen LogP contribution is -2.29. The van der Waals surface area contributed by atoms with Crippen molar-refractivity contribution in [2.75, 3.05) is 12.4 Å². The van der Waals surface area contributed by atoms with Crippen LogP contribution in [-0.4, -0.2) is 17.6 Å². The van der Waals surface area contributed by atoms with Crippen LogP contribution in [0.25, 0.3) is 0 Å². The summed E-state index contributed by atoms with van der Waals surface area (Å²) in [6.45, 7) is 3.37. The van der Waals surface area contributed by atoms with Crippen molar-refractivity contribution in [1.82, 2.24) is 10.0 Å². The number of aryl methyl sites for hydroxylation is 2. The summed E-state index contributed by atoms with van der Waals surface area (Å²) >= 11 is 0. The van der Waals surface area contributed by atoms with E-state index in [2.05, 4.69) is 15.6 Å². The average Bonchev–Trinajstić information content (AvgIpc) is 2.50. The van der Waals surface area contributed by atoms with Gasteiger partial charge in [-0.2, -0.15) is 0 Å². The molecule has 0 saturated carbocycles. The Balaban J connectivity index is 2.57. The van der Waals surface area contributed by atoms with Gasteiger partial charge < -0.3 is 5.32 Å². The first kappa shape index (κ1) is 16.7. The number of benzene rings is 1.